The van der Waals surface area contributed by atoms with Crippen LogP contribution in [0, 0.1) is 5.92 Å². The number of carbonyl (C=O) groups excluding carboxylic acids is 1. The maximum Gasteiger partial charge on any atom is 0.223 e. The first-order chi connectivity index (χ1) is 8.24. The molecule has 0 bridgehead atoms. The van der Waals surface area contributed by atoms with Gasteiger partial charge in [-0.2, -0.15) is 0 Å². The second-order valence-corrected chi connectivity index (χ2v) is 5.56. The number of carbonyl (C=O) groups is 1. The minimum atomic E-state index is 0.178. The Morgan fingerprint density at radius 2 is 2.29 bits per heavy atom. The second kappa shape index (κ2) is 4.33. The van der Waals surface area contributed by atoms with Crippen molar-refractivity contribution in [2.75, 3.05) is 6.61 Å². The molecule has 0 spiro atoms. The molecule has 1 saturated carbocycles. The Bertz CT molecular complexity index is 469. The van der Waals surface area contributed by atoms with E-state index in [1.807, 2.05) is 6.07 Å². The van der Waals surface area contributed by atoms with E-state index in [1.54, 1.807) is 0 Å². The number of nitrogens with one attached hydrogen (secondary N) is 1. The number of rotatable bonds is 3. The summed E-state index contributed by atoms with van der Waals surface area (Å²) in [6.45, 7) is 1.31. The Labute approximate surface area is 109 Å². The zero-order valence-electron chi connectivity index (χ0n) is 9.46. The van der Waals surface area contributed by atoms with Crippen LogP contribution in [0.5, 0.6) is 5.75 Å². The summed E-state index contributed by atoms with van der Waals surface area (Å²) in [6, 6.07) is 4.12. The molecule has 1 heterocycles. The van der Waals surface area contributed by atoms with Gasteiger partial charge >= 0.3 is 0 Å². The average molecular weight is 296 g/mol. The van der Waals surface area contributed by atoms with Crippen LogP contribution in [0.25, 0.3) is 0 Å². The van der Waals surface area contributed by atoms with Gasteiger partial charge in [0.05, 0.1) is 6.61 Å². The summed E-state index contributed by atoms with van der Waals surface area (Å²) >= 11 is 3.50. The highest BCUT2D eigenvalue weighted by Gasteiger charge is 2.29. The van der Waals surface area contributed by atoms with Crippen LogP contribution >= 0.6 is 15.9 Å². The molecule has 90 valence electrons. The highest BCUT2D eigenvalue weighted by atomic mass is 79.9. The first-order valence-corrected chi connectivity index (χ1v) is 6.75. The van der Waals surface area contributed by atoms with Crippen LogP contribution in [0.3, 0.4) is 0 Å². The number of halogens is 1. The van der Waals surface area contributed by atoms with Crippen LogP contribution in [-0.4, -0.2) is 12.5 Å². The molecule has 2 aliphatic rings. The quantitative estimate of drug-likeness (QED) is 0.930. The molecular weight excluding hydrogens is 282 g/mol. The molecule has 1 aliphatic heterocycles. The molecule has 1 aliphatic carbocycles. The lowest BCUT2D eigenvalue weighted by Crippen LogP contribution is -2.24. The largest absolute Gasteiger partial charge is 0.493 e. The molecule has 1 aromatic rings. The van der Waals surface area contributed by atoms with E-state index in [-0.39, 0.29) is 11.8 Å². The van der Waals surface area contributed by atoms with E-state index in [0.29, 0.717) is 6.54 Å². The van der Waals surface area contributed by atoms with Gasteiger partial charge in [-0.15, -0.1) is 0 Å². The Morgan fingerprint density at radius 1 is 1.47 bits per heavy atom. The third kappa shape index (κ3) is 2.32. The van der Waals surface area contributed by atoms with Gasteiger partial charge in [0.1, 0.15) is 5.75 Å². The molecule has 0 unspecified atom stereocenters. The van der Waals surface area contributed by atoms with E-state index < -0.39 is 0 Å². The summed E-state index contributed by atoms with van der Waals surface area (Å²) in [7, 11) is 0. The molecule has 3 nitrogen and oxygen atoms in total. The molecule has 1 amide bonds. The van der Waals surface area contributed by atoms with Crippen LogP contribution in [0.4, 0.5) is 0 Å². The van der Waals surface area contributed by atoms with Crippen molar-refractivity contribution in [3.63, 3.8) is 0 Å². The van der Waals surface area contributed by atoms with E-state index >= 15 is 0 Å². The first-order valence-electron chi connectivity index (χ1n) is 5.96. The fraction of sp³-hybridized carbons (Fsp3) is 0.462. The number of fused-ring (bicyclic) bond motifs is 1. The summed E-state index contributed by atoms with van der Waals surface area (Å²) in [4.78, 5) is 11.6. The van der Waals surface area contributed by atoms with Crippen LogP contribution in [0.1, 0.15) is 24.0 Å². The van der Waals surface area contributed by atoms with Gasteiger partial charge in [-0.05, 0) is 30.5 Å². The summed E-state index contributed by atoms with van der Waals surface area (Å²) in [5, 5.41) is 2.98. The summed E-state index contributed by atoms with van der Waals surface area (Å²) in [6.07, 6.45) is 3.04. The van der Waals surface area contributed by atoms with E-state index in [2.05, 4.69) is 27.3 Å². The first kappa shape index (κ1) is 11.1. The van der Waals surface area contributed by atoms with Crippen molar-refractivity contribution in [3.05, 3.63) is 27.7 Å². The lowest BCUT2D eigenvalue weighted by Gasteiger charge is -2.10. The monoisotopic (exact) mass is 295 g/mol. The van der Waals surface area contributed by atoms with E-state index in [4.69, 9.17) is 4.74 Å². The topological polar surface area (TPSA) is 38.3 Å². The molecule has 1 N–H and O–H groups in total. The molecule has 1 fully saturated rings. The van der Waals surface area contributed by atoms with Crippen molar-refractivity contribution in [3.8, 4) is 5.75 Å². The fourth-order valence-corrected chi connectivity index (χ4v) is 2.70. The van der Waals surface area contributed by atoms with Gasteiger partial charge in [0.2, 0.25) is 5.91 Å². The number of amides is 1. The standard InChI is InChI=1S/C13H14BrNO2/c14-11-5-9-3-4-17-12(9)10(6-11)7-15-13(16)8-1-2-8/h5-6,8H,1-4,7H2,(H,15,16). The third-order valence-corrected chi connectivity index (χ3v) is 3.68. The van der Waals surface area contributed by atoms with E-state index in [1.165, 1.54) is 5.56 Å². The minimum absolute atomic E-state index is 0.178. The van der Waals surface area contributed by atoms with Crippen molar-refractivity contribution < 1.29 is 9.53 Å². The molecule has 0 saturated heterocycles. The molecule has 4 heteroatoms. The Morgan fingerprint density at radius 3 is 3.06 bits per heavy atom. The Kier molecular flexibility index (Phi) is 2.82. The van der Waals surface area contributed by atoms with Crippen molar-refractivity contribution in [2.45, 2.75) is 25.8 Å². The minimum Gasteiger partial charge on any atom is -0.493 e. The summed E-state index contributed by atoms with van der Waals surface area (Å²) in [5.74, 6) is 1.40. The Hall–Kier alpha value is -1.03. The van der Waals surface area contributed by atoms with E-state index in [9.17, 15) is 4.79 Å². The van der Waals surface area contributed by atoms with Crippen molar-refractivity contribution >= 4 is 21.8 Å². The van der Waals surface area contributed by atoms with Crippen molar-refractivity contribution in [1.82, 2.24) is 5.32 Å². The number of benzene rings is 1. The maximum atomic E-state index is 11.6. The van der Waals surface area contributed by atoms with Gasteiger partial charge in [0.25, 0.3) is 0 Å². The summed E-state index contributed by atoms with van der Waals surface area (Å²) in [5.41, 5.74) is 2.30. The molecule has 0 atom stereocenters. The van der Waals surface area contributed by atoms with Crippen molar-refractivity contribution in [2.24, 2.45) is 5.92 Å². The fourth-order valence-electron chi connectivity index (χ4n) is 2.15. The van der Waals surface area contributed by atoms with Gasteiger partial charge in [-0.25, -0.2) is 0 Å². The molecular formula is C13H14BrNO2. The molecule has 17 heavy (non-hydrogen) atoms. The third-order valence-electron chi connectivity index (χ3n) is 3.23. The van der Waals surface area contributed by atoms with Gasteiger partial charge in [0.15, 0.2) is 0 Å². The zero-order valence-corrected chi connectivity index (χ0v) is 11.0. The maximum absolute atomic E-state index is 11.6. The normalized spacial score (nSPS) is 17.5. The zero-order chi connectivity index (χ0) is 11.8. The highest BCUT2D eigenvalue weighted by Crippen LogP contribution is 2.33. The summed E-state index contributed by atoms with van der Waals surface area (Å²) < 4.78 is 6.67. The molecule has 0 aromatic heterocycles. The predicted molar refractivity (Wildman–Crippen MR) is 67.9 cm³/mol. The lowest BCUT2D eigenvalue weighted by molar-refractivity contribution is -0.122. The molecule has 1 aromatic carbocycles. The second-order valence-electron chi connectivity index (χ2n) is 4.64. The van der Waals surface area contributed by atoms with Crippen LogP contribution < -0.4 is 10.1 Å². The average Bonchev–Trinajstić information content (AvgIpc) is 3.05. The highest BCUT2D eigenvalue weighted by molar-refractivity contribution is 9.10. The van der Waals surface area contributed by atoms with Gasteiger partial charge in [0, 0.05) is 28.9 Å². The number of hydrogen-bond acceptors (Lipinski definition) is 2. The van der Waals surface area contributed by atoms with Gasteiger partial charge in [-0.1, -0.05) is 15.9 Å². The number of hydrogen-bond donors (Lipinski definition) is 1. The smallest absolute Gasteiger partial charge is 0.223 e. The van der Waals surface area contributed by atoms with Crippen molar-refractivity contribution in [1.29, 1.82) is 0 Å². The lowest BCUT2D eigenvalue weighted by atomic mass is 10.1. The van der Waals surface area contributed by atoms with Gasteiger partial charge in [-0.3, -0.25) is 4.79 Å². The number of ether oxygens (including phenoxy) is 1. The van der Waals surface area contributed by atoms with Crippen LogP contribution in [0.2, 0.25) is 0 Å². The Balaban J connectivity index is 1.75. The van der Waals surface area contributed by atoms with Crippen LogP contribution in [0.15, 0.2) is 16.6 Å². The van der Waals surface area contributed by atoms with Crippen LogP contribution in [-0.2, 0) is 17.8 Å². The van der Waals surface area contributed by atoms with Gasteiger partial charge < -0.3 is 10.1 Å². The SMILES string of the molecule is O=C(NCc1cc(Br)cc2c1OCC2)C1CC1. The van der Waals surface area contributed by atoms with E-state index in [0.717, 1.165) is 41.7 Å². The molecule has 0 radical (unpaired) electrons. The molecule has 3 rings (SSSR count). The predicted octanol–water partition coefficient (Wildman–Crippen LogP) is 2.41.